The number of fused-ring (bicyclic) bond motifs is 6. The lowest BCUT2D eigenvalue weighted by Gasteiger charge is -2.34. The van der Waals surface area contributed by atoms with Gasteiger partial charge in [0.1, 0.15) is 23.1 Å². The summed E-state index contributed by atoms with van der Waals surface area (Å²) in [4.78, 5) is 52.8. The highest BCUT2D eigenvalue weighted by Crippen LogP contribution is 2.53. The molecule has 1 aromatic heterocycles. The summed E-state index contributed by atoms with van der Waals surface area (Å²) in [7, 11) is 0. The molecule has 10 nitrogen and oxygen atoms in total. The van der Waals surface area contributed by atoms with Crippen molar-refractivity contribution in [2.45, 2.75) is 147 Å². The monoisotopic (exact) mass is 807 g/mol. The summed E-state index contributed by atoms with van der Waals surface area (Å²) < 4.78 is 44.6. The highest BCUT2D eigenvalue weighted by atomic mass is 19.3. The van der Waals surface area contributed by atoms with E-state index in [4.69, 9.17) is 14.5 Å². The number of H-pyrrole nitrogens is 1. The lowest BCUT2D eigenvalue weighted by molar-refractivity contribution is -0.120. The predicted octanol–water partition coefficient (Wildman–Crippen LogP) is 11.1. The maximum Gasteiger partial charge on any atom is 0.411 e. The van der Waals surface area contributed by atoms with Crippen molar-refractivity contribution in [1.29, 1.82) is 0 Å². The molecule has 0 radical (unpaired) electrons. The molecule has 12 heteroatoms. The van der Waals surface area contributed by atoms with Gasteiger partial charge in [-0.2, -0.15) is 8.78 Å². The highest BCUT2D eigenvalue weighted by molar-refractivity contribution is 5.98. The molecule has 3 heterocycles. The van der Waals surface area contributed by atoms with E-state index in [9.17, 15) is 14.4 Å². The third-order valence-corrected chi connectivity index (χ3v) is 13.1. The molecular weight excluding hydrogens is 753 g/mol. The van der Waals surface area contributed by atoms with Crippen molar-refractivity contribution in [2.24, 2.45) is 11.8 Å². The number of ether oxygens (including phenoxy) is 2. The van der Waals surface area contributed by atoms with Gasteiger partial charge in [-0.1, -0.05) is 49.9 Å². The topological polar surface area (TPSA) is 117 Å². The zero-order chi connectivity index (χ0) is 41.6. The molecule has 312 valence electrons. The van der Waals surface area contributed by atoms with Crippen LogP contribution in [0.4, 0.5) is 24.1 Å². The Balaban J connectivity index is 0.954. The average Bonchev–Trinajstić information content (AvgIpc) is 3.93. The number of rotatable bonds is 4. The number of hydrogen-bond donors (Lipinski definition) is 2. The van der Waals surface area contributed by atoms with Crippen LogP contribution in [0.2, 0.25) is 0 Å². The number of alkyl halides is 2. The second-order valence-corrected chi connectivity index (χ2v) is 19.4. The second kappa shape index (κ2) is 14.3. The minimum atomic E-state index is -3.32. The van der Waals surface area contributed by atoms with Crippen LogP contribution in [0, 0.1) is 11.8 Å². The number of nitrogens with one attached hydrogen (secondary N) is 2. The van der Waals surface area contributed by atoms with E-state index in [-0.39, 0.29) is 47.0 Å². The first-order chi connectivity index (χ1) is 27.9. The summed E-state index contributed by atoms with van der Waals surface area (Å²) >= 11 is 0. The molecule has 3 aliphatic carbocycles. The van der Waals surface area contributed by atoms with E-state index in [0.29, 0.717) is 34.9 Å². The van der Waals surface area contributed by atoms with Crippen LogP contribution in [-0.2, 0) is 20.2 Å². The normalized spacial score (nSPS) is 25.9. The minimum absolute atomic E-state index is 0.0791. The molecule has 2 N–H and O–H groups in total. The minimum Gasteiger partial charge on any atom is -0.444 e. The molecule has 0 bridgehead atoms. The lowest BCUT2D eigenvalue weighted by atomic mass is 9.85. The predicted molar refractivity (Wildman–Crippen MR) is 222 cm³/mol. The number of benzene rings is 3. The Hall–Kier alpha value is -5.00. The van der Waals surface area contributed by atoms with Crippen molar-refractivity contribution in [1.82, 2.24) is 19.8 Å². The van der Waals surface area contributed by atoms with Crippen LogP contribution >= 0.6 is 0 Å². The lowest BCUT2D eigenvalue weighted by Crippen LogP contribution is -2.49. The fourth-order valence-corrected chi connectivity index (χ4v) is 10.6. The first-order valence-corrected chi connectivity index (χ1v) is 21.5. The van der Waals surface area contributed by atoms with Gasteiger partial charge < -0.3 is 19.8 Å². The first kappa shape index (κ1) is 39.5. The van der Waals surface area contributed by atoms with Crippen molar-refractivity contribution in [3.63, 3.8) is 0 Å². The van der Waals surface area contributed by atoms with Gasteiger partial charge in [0.2, 0.25) is 5.91 Å². The number of carbonyl (C=O) groups is 3. The van der Waals surface area contributed by atoms with Gasteiger partial charge in [-0.25, -0.2) is 14.6 Å². The van der Waals surface area contributed by atoms with E-state index < -0.39 is 35.2 Å². The van der Waals surface area contributed by atoms with Crippen molar-refractivity contribution in [2.75, 3.05) is 5.32 Å². The Bertz CT molecular complexity index is 2330. The maximum absolute atomic E-state index is 16.5. The number of imidazole rings is 1. The first-order valence-electron chi connectivity index (χ1n) is 21.5. The molecule has 9 rings (SSSR count). The Labute approximate surface area is 344 Å². The third kappa shape index (κ3) is 7.24. The number of anilines is 1. The van der Waals surface area contributed by atoms with Crippen molar-refractivity contribution in [3.8, 4) is 22.3 Å². The number of likely N-dealkylation sites (tertiary alicyclic amines) is 2. The summed E-state index contributed by atoms with van der Waals surface area (Å²) in [5, 5.41) is 2.89. The number of amides is 3. The summed E-state index contributed by atoms with van der Waals surface area (Å²) in [6.07, 6.45) is 8.53. The molecule has 3 aromatic carbocycles. The smallest absolute Gasteiger partial charge is 0.411 e. The molecule has 4 aromatic rings. The second-order valence-electron chi connectivity index (χ2n) is 19.4. The van der Waals surface area contributed by atoms with Crippen LogP contribution in [0.3, 0.4) is 0 Å². The number of aromatic amines is 1. The van der Waals surface area contributed by atoms with Crippen LogP contribution in [0.15, 0.2) is 54.6 Å². The van der Waals surface area contributed by atoms with E-state index >= 15 is 8.78 Å². The fourth-order valence-electron chi connectivity index (χ4n) is 10.6. The van der Waals surface area contributed by atoms with Crippen LogP contribution < -0.4 is 5.32 Å². The Morgan fingerprint density at radius 1 is 0.729 bits per heavy atom. The molecule has 2 saturated carbocycles. The van der Waals surface area contributed by atoms with Crippen molar-refractivity contribution >= 4 is 34.8 Å². The molecule has 2 saturated heterocycles. The molecule has 4 fully saturated rings. The molecule has 6 atom stereocenters. The van der Waals surface area contributed by atoms with Gasteiger partial charge in [-0.05, 0) is 144 Å². The number of carbonyl (C=O) groups excluding carboxylic acids is 3. The standard InChI is InChI=1S/C47H55F2N5O5/c1-45(2,3)58-43(56)53-37-13-9-7-11-28(37)23-39(53)41-51-35-20-16-27(22-36(35)52-41)26-15-18-31-32-19-17-30(25-34(32)47(48,49)33(31)21-26)50-42(55)40-24-29-12-8-10-14-38(29)54(40)44(57)59-46(4,5)6/h15-22,25,28-29,37-40H,7-14,23-24H2,1-6H3,(H,50,55)(H,51,52)/t28-,29-,37-,38-,39-,40-/m0/s1. The van der Waals surface area contributed by atoms with E-state index in [2.05, 4.69) is 10.3 Å². The maximum atomic E-state index is 16.5. The Morgan fingerprint density at radius 3 is 1.97 bits per heavy atom. The summed E-state index contributed by atoms with van der Waals surface area (Å²) in [5.74, 6) is -2.42. The Morgan fingerprint density at radius 2 is 1.29 bits per heavy atom. The van der Waals surface area contributed by atoms with E-state index in [1.165, 1.54) is 6.07 Å². The van der Waals surface area contributed by atoms with Gasteiger partial charge in [0.15, 0.2) is 0 Å². The largest absolute Gasteiger partial charge is 0.444 e. The van der Waals surface area contributed by atoms with Crippen LogP contribution in [0.25, 0.3) is 33.3 Å². The van der Waals surface area contributed by atoms with E-state index in [0.717, 1.165) is 74.4 Å². The van der Waals surface area contributed by atoms with E-state index in [1.54, 1.807) is 49.9 Å². The molecule has 2 aliphatic heterocycles. The van der Waals surface area contributed by atoms with Crippen molar-refractivity contribution < 1.29 is 32.6 Å². The van der Waals surface area contributed by atoms with Crippen molar-refractivity contribution in [3.05, 3.63) is 71.5 Å². The molecule has 0 spiro atoms. The number of halogens is 2. The number of nitrogens with zero attached hydrogens (tertiary/aromatic N) is 3. The highest BCUT2D eigenvalue weighted by Gasteiger charge is 2.50. The molecule has 59 heavy (non-hydrogen) atoms. The van der Waals surface area contributed by atoms with Gasteiger partial charge in [0.25, 0.3) is 5.92 Å². The fraction of sp³-hybridized carbons (Fsp3) is 0.532. The zero-order valence-electron chi connectivity index (χ0n) is 34.9. The van der Waals surface area contributed by atoms with Gasteiger partial charge >= 0.3 is 12.2 Å². The van der Waals surface area contributed by atoms with Crippen LogP contribution in [-0.4, -0.2) is 67.2 Å². The quantitative estimate of drug-likeness (QED) is 0.212. The number of aromatic nitrogens is 2. The molecule has 5 aliphatic rings. The molecule has 0 unspecified atom stereocenters. The zero-order valence-corrected chi connectivity index (χ0v) is 34.9. The summed E-state index contributed by atoms with van der Waals surface area (Å²) in [6.45, 7) is 11.1. The average molecular weight is 808 g/mol. The molecular formula is C47H55F2N5O5. The molecule has 3 amide bonds. The Kier molecular flexibility index (Phi) is 9.59. The van der Waals surface area contributed by atoms with E-state index in [1.807, 2.05) is 49.9 Å². The number of hydrogen-bond acceptors (Lipinski definition) is 6. The van der Waals surface area contributed by atoms with Gasteiger partial charge in [0, 0.05) is 28.9 Å². The SMILES string of the molecule is CC(C)(C)OC(=O)N1[C@H](C(=O)Nc2ccc3c(c2)C(F)(F)c2cc(-c4ccc5nc([C@@H]6C[C@@H]7CCCC[C@@H]7N6C(=O)OC(C)(C)C)[nH]c5c4)ccc2-3)C[C@@H]2CCCC[C@@H]21. The van der Waals surface area contributed by atoms with Gasteiger partial charge in [-0.15, -0.1) is 0 Å². The summed E-state index contributed by atoms with van der Waals surface area (Å²) in [6, 6.07) is 14.6. The third-order valence-electron chi connectivity index (χ3n) is 13.1. The van der Waals surface area contributed by atoms with Crippen LogP contribution in [0.5, 0.6) is 0 Å². The van der Waals surface area contributed by atoms with Gasteiger partial charge in [0.05, 0.1) is 17.1 Å². The van der Waals surface area contributed by atoms with Gasteiger partial charge in [-0.3, -0.25) is 14.6 Å². The van der Waals surface area contributed by atoms with Crippen LogP contribution in [0.1, 0.15) is 129 Å². The summed E-state index contributed by atoms with van der Waals surface area (Å²) in [5.41, 5.74) is 2.39.